The molecule has 0 N–H and O–H groups in total. The van der Waals surface area contributed by atoms with Crippen LogP contribution in [-0.4, -0.2) is 14.2 Å². The first-order valence-electron chi connectivity index (χ1n) is 3.07. The quantitative estimate of drug-likeness (QED) is 0.679. The lowest BCUT2D eigenvalue weighted by Crippen LogP contribution is -1.86. The van der Waals surface area contributed by atoms with Crippen molar-refractivity contribution in [3.63, 3.8) is 0 Å². The number of ether oxygens (including phenoxy) is 2. The van der Waals surface area contributed by atoms with Crippen LogP contribution < -0.4 is 9.47 Å². The Kier molecular flexibility index (Phi) is 2.60. The first kappa shape index (κ1) is 8.21. The lowest BCUT2D eigenvalue weighted by Gasteiger charge is -2.03. The third-order valence-electron chi connectivity index (χ3n) is 1.28. The van der Waals surface area contributed by atoms with Crippen molar-refractivity contribution < 1.29 is 9.47 Å². The summed E-state index contributed by atoms with van der Waals surface area (Å²) >= 11 is 5.75. The first-order valence-corrected chi connectivity index (χ1v) is 3.45. The Balaban J connectivity index is 2.99. The summed E-state index contributed by atoms with van der Waals surface area (Å²) in [6.07, 6.45) is 0. The molecule has 0 aliphatic rings. The molecule has 59 valence electrons. The van der Waals surface area contributed by atoms with Crippen molar-refractivity contribution in [1.29, 1.82) is 0 Å². The minimum absolute atomic E-state index is 0.437. The van der Waals surface area contributed by atoms with Crippen molar-refractivity contribution in [3.8, 4) is 11.5 Å². The Labute approximate surface area is 70.7 Å². The van der Waals surface area contributed by atoms with Crippen LogP contribution in [0.3, 0.4) is 0 Å². The molecule has 0 bridgehead atoms. The standard InChI is InChI=1S/C8H8ClO2/c1-10-6-3-4-8(11-2)7(9)5-6/h3-4H,1-2H3. The van der Waals surface area contributed by atoms with Gasteiger partial charge in [-0.2, -0.15) is 0 Å². The van der Waals surface area contributed by atoms with Gasteiger partial charge in [-0.3, -0.25) is 0 Å². The Hall–Kier alpha value is -0.890. The third kappa shape index (κ3) is 1.77. The van der Waals surface area contributed by atoms with Crippen molar-refractivity contribution in [3.05, 3.63) is 23.2 Å². The van der Waals surface area contributed by atoms with Gasteiger partial charge in [0.1, 0.15) is 11.5 Å². The number of hydrogen-bond donors (Lipinski definition) is 0. The van der Waals surface area contributed by atoms with E-state index < -0.39 is 0 Å². The van der Waals surface area contributed by atoms with Crippen molar-refractivity contribution in [2.75, 3.05) is 14.2 Å². The Morgan fingerprint density at radius 3 is 2.45 bits per heavy atom. The zero-order valence-corrected chi connectivity index (χ0v) is 7.11. The van der Waals surface area contributed by atoms with Gasteiger partial charge in [0.2, 0.25) is 0 Å². The van der Waals surface area contributed by atoms with Crippen molar-refractivity contribution in [2.45, 2.75) is 0 Å². The van der Waals surface area contributed by atoms with Crippen molar-refractivity contribution in [1.82, 2.24) is 0 Å². The summed E-state index contributed by atoms with van der Waals surface area (Å²) in [4.78, 5) is 0. The van der Waals surface area contributed by atoms with E-state index in [4.69, 9.17) is 21.1 Å². The van der Waals surface area contributed by atoms with Gasteiger partial charge in [0.05, 0.1) is 25.3 Å². The number of methoxy groups -OCH3 is 2. The summed E-state index contributed by atoms with van der Waals surface area (Å²) in [5, 5.41) is 0.437. The largest absolute Gasteiger partial charge is 0.496 e. The predicted octanol–water partition coefficient (Wildman–Crippen LogP) is 2.16. The average molecular weight is 172 g/mol. The number of hydrogen-bond acceptors (Lipinski definition) is 2. The molecule has 1 rings (SSSR count). The molecule has 3 heteroatoms. The molecule has 1 radical (unpaired) electrons. The lowest BCUT2D eigenvalue weighted by atomic mass is 10.3. The molecule has 11 heavy (non-hydrogen) atoms. The highest BCUT2D eigenvalue weighted by Crippen LogP contribution is 2.27. The van der Waals surface area contributed by atoms with Crippen LogP contribution in [0.15, 0.2) is 12.1 Å². The van der Waals surface area contributed by atoms with Crippen LogP contribution in [0.2, 0.25) is 5.02 Å². The van der Waals surface area contributed by atoms with E-state index in [-0.39, 0.29) is 0 Å². The van der Waals surface area contributed by atoms with Gasteiger partial charge >= 0.3 is 0 Å². The van der Waals surface area contributed by atoms with Crippen LogP contribution in [0.4, 0.5) is 0 Å². The SMILES string of the molecule is COc1[c]c(Cl)c(OC)cc1. The first-order chi connectivity index (χ1) is 5.27. The summed E-state index contributed by atoms with van der Waals surface area (Å²) in [5.74, 6) is 1.21. The maximum absolute atomic E-state index is 5.75. The van der Waals surface area contributed by atoms with Crippen LogP contribution in [0.25, 0.3) is 0 Å². The van der Waals surface area contributed by atoms with Crippen LogP contribution >= 0.6 is 11.6 Å². The molecule has 0 heterocycles. The van der Waals surface area contributed by atoms with Gasteiger partial charge in [0.25, 0.3) is 0 Å². The fourth-order valence-electron chi connectivity index (χ4n) is 0.713. The van der Waals surface area contributed by atoms with E-state index in [1.54, 1.807) is 26.4 Å². The average Bonchev–Trinajstić information content (AvgIpc) is 2.04. The van der Waals surface area contributed by atoms with E-state index in [0.717, 1.165) is 0 Å². The molecule has 1 aromatic rings. The highest BCUT2D eigenvalue weighted by atomic mass is 35.5. The molecule has 0 amide bonds. The van der Waals surface area contributed by atoms with Crippen LogP contribution in [0.1, 0.15) is 0 Å². The Morgan fingerprint density at radius 1 is 1.27 bits per heavy atom. The zero-order chi connectivity index (χ0) is 8.27. The fraction of sp³-hybridized carbons (Fsp3) is 0.250. The monoisotopic (exact) mass is 171 g/mol. The van der Waals surface area contributed by atoms with Crippen molar-refractivity contribution in [2.24, 2.45) is 0 Å². The summed E-state index contributed by atoms with van der Waals surface area (Å²) < 4.78 is 9.82. The molecule has 0 aromatic heterocycles. The highest BCUT2D eigenvalue weighted by Gasteiger charge is 2.00. The predicted molar refractivity (Wildman–Crippen MR) is 43.4 cm³/mol. The minimum Gasteiger partial charge on any atom is -0.496 e. The summed E-state index contributed by atoms with van der Waals surface area (Å²) in [6, 6.07) is 6.27. The molecule has 0 aliphatic heterocycles. The summed E-state index contributed by atoms with van der Waals surface area (Å²) in [6.45, 7) is 0. The molecular formula is C8H8ClO2. The topological polar surface area (TPSA) is 18.5 Å². The molecule has 0 atom stereocenters. The van der Waals surface area contributed by atoms with E-state index in [1.165, 1.54) is 0 Å². The summed E-state index contributed by atoms with van der Waals surface area (Å²) in [5.41, 5.74) is 0. The maximum Gasteiger partial charge on any atom is 0.138 e. The number of rotatable bonds is 2. The molecule has 0 spiro atoms. The number of halogens is 1. The third-order valence-corrected chi connectivity index (χ3v) is 1.56. The summed E-state index contributed by atoms with van der Waals surface area (Å²) in [7, 11) is 3.12. The Bertz CT molecular complexity index is 248. The normalized spacial score (nSPS) is 9.36. The molecule has 0 fully saturated rings. The Morgan fingerprint density at radius 2 is 2.00 bits per heavy atom. The zero-order valence-electron chi connectivity index (χ0n) is 6.35. The van der Waals surface area contributed by atoms with Gasteiger partial charge in [-0.25, -0.2) is 0 Å². The van der Waals surface area contributed by atoms with E-state index in [1.807, 2.05) is 0 Å². The number of benzene rings is 1. The molecule has 0 unspecified atom stereocenters. The second kappa shape index (κ2) is 3.49. The van der Waals surface area contributed by atoms with E-state index in [2.05, 4.69) is 6.07 Å². The molecule has 0 aliphatic carbocycles. The van der Waals surface area contributed by atoms with Gasteiger partial charge in [0, 0.05) is 0 Å². The molecule has 0 saturated carbocycles. The van der Waals surface area contributed by atoms with Crippen LogP contribution in [0, 0.1) is 6.07 Å². The second-order valence-electron chi connectivity index (χ2n) is 1.91. The molecule has 0 saturated heterocycles. The smallest absolute Gasteiger partial charge is 0.138 e. The highest BCUT2D eigenvalue weighted by molar-refractivity contribution is 6.32. The molecule has 2 nitrogen and oxygen atoms in total. The molecular weight excluding hydrogens is 164 g/mol. The van der Waals surface area contributed by atoms with Crippen molar-refractivity contribution >= 4 is 11.6 Å². The van der Waals surface area contributed by atoms with E-state index in [0.29, 0.717) is 16.5 Å². The molecule has 1 aromatic carbocycles. The van der Waals surface area contributed by atoms with Gasteiger partial charge in [-0.1, -0.05) is 11.6 Å². The van der Waals surface area contributed by atoms with E-state index in [9.17, 15) is 0 Å². The van der Waals surface area contributed by atoms with Gasteiger partial charge in [0.15, 0.2) is 0 Å². The maximum atomic E-state index is 5.75. The van der Waals surface area contributed by atoms with Crippen LogP contribution in [-0.2, 0) is 0 Å². The van der Waals surface area contributed by atoms with E-state index >= 15 is 0 Å². The van der Waals surface area contributed by atoms with Gasteiger partial charge in [-0.05, 0) is 12.1 Å². The lowest BCUT2D eigenvalue weighted by molar-refractivity contribution is 0.402. The second-order valence-corrected chi connectivity index (χ2v) is 2.29. The van der Waals surface area contributed by atoms with Crippen LogP contribution in [0.5, 0.6) is 11.5 Å². The van der Waals surface area contributed by atoms with Gasteiger partial charge in [-0.15, -0.1) is 0 Å². The minimum atomic E-state index is 0.437. The van der Waals surface area contributed by atoms with Gasteiger partial charge < -0.3 is 9.47 Å². The fourth-order valence-corrected chi connectivity index (χ4v) is 0.946.